The molecule has 2 heterocycles. The lowest BCUT2D eigenvalue weighted by Gasteiger charge is -1.87. The summed E-state index contributed by atoms with van der Waals surface area (Å²) in [5.74, 6) is 5.91. The predicted octanol–water partition coefficient (Wildman–Crippen LogP) is 1.27. The van der Waals surface area contributed by atoms with Crippen molar-refractivity contribution in [2.45, 2.75) is 0 Å². The first-order chi connectivity index (χ1) is 6.95. The van der Waals surface area contributed by atoms with Crippen molar-refractivity contribution in [1.82, 2.24) is 15.0 Å². The standard InChI is InChI=1S/C11H7N3/c1-2-10(6-12-5-1)3-4-11-7-13-9-14-8-11/h1-2,5-9H. The molecule has 3 heteroatoms. The lowest BCUT2D eigenvalue weighted by Crippen LogP contribution is -1.80. The molecule has 0 fully saturated rings. The molecule has 0 bridgehead atoms. The first-order valence-corrected chi connectivity index (χ1v) is 4.12. The smallest absolute Gasteiger partial charge is 0.115 e. The van der Waals surface area contributed by atoms with Crippen molar-refractivity contribution < 1.29 is 0 Å². The van der Waals surface area contributed by atoms with Crippen LogP contribution < -0.4 is 0 Å². The first-order valence-electron chi connectivity index (χ1n) is 4.12. The van der Waals surface area contributed by atoms with Gasteiger partial charge in [0.15, 0.2) is 0 Å². The zero-order valence-corrected chi connectivity index (χ0v) is 7.38. The lowest BCUT2D eigenvalue weighted by molar-refractivity contribution is 1.16. The van der Waals surface area contributed by atoms with Gasteiger partial charge in [0.05, 0.1) is 5.56 Å². The van der Waals surface area contributed by atoms with Crippen molar-refractivity contribution in [1.29, 1.82) is 0 Å². The Kier molecular flexibility index (Phi) is 2.49. The van der Waals surface area contributed by atoms with Crippen molar-refractivity contribution in [3.05, 3.63) is 54.4 Å². The maximum absolute atomic E-state index is 3.96. The molecule has 0 aliphatic rings. The highest BCUT2D eigenvalue weighted by Gasteiger charge is 1.85. The number of rotatable bonds is 0. The van der Waals surface area contributed by atoms with Gasteiger partial charge in [0, 0.05) is 30.4 Å². The van der Waals surface area contributed by atoms with Crippen LogP contribution in [0.4, 0.5) is 0 Å². The molecule has 2 aromatic heterocycles. The molecule has 2 rings (SSSR count). The van der Waals surface area contributed by atoms with Crippen molar-refractivity contribution >= 4 is 0 Å². The number of hydrogen-bond donors (Lipinski definition) is 0. The van der Waals surface area contributed by atoms with Crippen molar-refractivity contribution in [3.63, 3.8) is 0 Å². The van der Waals surface area contributed by atoms with Crippen LogP contribution in [0, 0.1) is 11.8 Å². The molecular formula is C11H7N3. The van der Waals surface area contributed by atoms with Gasteiger partial charge >= 0.3 is 0 Å². The number of hydrogen-bond acceptors (Lipinski definition) is 3. The topological polar surface area (TPSA) is 38.7 Å². The van der Waals surface area contributed by atoms with Crippen LogP contribution in [0.1, 0.15) is 11.1 Å². The van der Waals surface area contributed by atoms with Crippen LogP contribution in [-0.4, -0.2) is 15.0 Å². The molecule has 0 atom stereocenters. The summed E-state index contributed by atoms with van der Waals surface area (Å²) in [5, 5.41) is 0. The van der Waals surface area contributed by atoms with Crippen LogP contribution in [0.3, 0.4) is 0 Å². The minimum atomic E-state index is 0.802. The molecule has 0 saturated carbocycles. The molecule has 14 heavy (non-hydrogen) atoms. The lowest BCUT2D eigenvalue weighted by atomic mass is 10.2. The van der Waals surface area contributed by atoms with E-state index < -0.39 is 0 Å². The molecule has 0 unspecified atom stereocenters. The van der Waals surface area contributed by atoms with Gasteiger partial charge in [-0.2, -0.15) is 0 Å². The van der Waals surface area contributed by atoms with Crippen LogP contribution in [0.25, 0.3) is 0 Å². The average Bonchev–Trinajstić information content (AvgIpc) is 2.29. The van der Waals surface area contributed by atoms with Crippen LogP contribution in [-0.2, 0) is 0 Å². The van der Waals surface area contributed by atoms with Gasteiger partial charge in [-0.05, 0) is 12.1 Å². The zero-order chi connectivity index (χ0) is 9.64. The number of aromatic nitrogens is 3. The summed E-state index contributed by atoms with van der Waals surface area (Å²) < 4.78 is 0. The van der Waals surface area contributed by atoms with E-state index in [1.165, 1.54) is 6.33 Å². The van der Waals surface area contributed by atoms with Crippen molar-refractivity contribution in [2.75, 3.05) is 0 Å². The Morgan fingerprint density at radius 1 is 0.857 bits per heavy atom. The summed E-state index contributed by atoms with van der Waals surface area (Å²) in [5.41, 5.74) is 1.69. The van der Waals surface area contributed by atoms with Crippen LogP contribution >= 0.6 is 0 Å². The minimum absolute atomic E-state index is 0.802. The molecular weight excluding hydrogens is 174 g/mol. The summed E-state index contributed by atoms with van der Waals surface area (Å²) >= 11 is 0. The van der Waals surface area contributed by atoms with Crippen molar-refractivity contribution in [2.24, 2.45) is 0 Å². The molecule has 3 nitrogen and oxygen atoms in total. The Morgan fingerprint density at radius 2 is 1.57 bits per heavy atom. The Hall–Kier alpha value is -2.21. The third-order valence-corrected chi connectivity index (χ3v) is 1.57. The second-order valence-corrected chi connectivity index (χ2v) is 2.62. The average molecular weight is 181 g/mol. The molecule has 0 radical (unpaired) electrons. The minimum Gasteiger partial charge on any atom is -0.263 e. The van der Waals surface area contributed by atoms with E-state index in [4.69, 9.17) is 0 Å². The molecule has 0 aliphatic carbocycles. The molecule has 66 valence electrons. The molecule has 0 spiro atoms. The van der Waals surface area contributed by atoms with E-state index in [-0.39, 0.29) is 0 Å². The Bertz CT molecular complexity index is 411. The molecule has 0 saturated heterocycles. The molecule has 0 N–H and O–H groups in total. The Balaban J connectivity index is 2.24. The van der Waals surface area contributed by atoms with Gasteiger partial charge in [0.25, 0.3) is 0 Å². The third-order valence-electron chi connectivity index (χ3n) is 1.57. The van der Waals surface area contributed by atoms with Gasteiger partial charge in [0.1, 0.15) is 6.33 Å². The van der Waals surface area contributed by atoms with Crippen molar-refractivity contribution in [3.8, 4) is 11.8 Å². The number of pyridine rings is 1. The van der Waals surface area contributed by atoms with E-state index in [1.807, 2.05) is 12.1 Å². The van der Waals surface area contributed by atoms with Gasteiger partial charge in [-0.25, -0.2) is 9.97 Å². The van der Waals surface area contributed by atoms with E-state index in [0.29, 0.717) is 0 Å². The zero-order valence-electron chi connectivity index (χ0n) is 7.38. The van der Waals surface area contributed by atoms with Crippen LogP contribution in [0.15, 0.2) is 43.2 Å². The largest absolute Gasteiger partial charge is 0.263 e. The second kappa shape index (κ2) is 4.15. The molecule has 2 aromatic rings. The normalized spacial score (nSPS) is 8.86. The van der Waals surface area contributed by atoms with Crippen LogP contribution in [0.2, 0.25) is 0 Å². The van der Waals surface area contributed by atoms with E-state index >= 15 is 0 Å². The third kappa shape index (κ3) is 2.14. The highest BCUT2D eigenvalue weighted by molar-refractivity contribution is 5.39. The van der Waals surface area contributed by atoms with Gasteiger partial charge in [0.2, 0.25) is 0 Å². The van der Waals surface area contributed by atoms with Gasteiger partial charge in [-0.1, -0.05) is 11.8 Å². The fraction of sp³-hybridized carbons (Fsp3) is 0. The highest BCUT2D eigenvalue weighted by Crippen LogP contribution is 1.94. The van der Waals surface area contributed by atoms with E-state index in [0.717, 1.165) is 11.1 Å². The van der Waals surface area contributed by atoms with Gasteiger partial charge < -0.3 is 0 Å². The maximum atomic E-state index is 3.96. The van der Waals surface area contributed by atoms with E-state index in [1.54, 1.807) is 24.8 Å². The molecule has 0 amide bonds. The quantitative estimate of drug-likeness (QED) is 0.574. The summed E-state index contributed by atoms with van der Waals surface area (Å²) in [6, 6.07) is 3.76. The molecule has 0 aromatic carbocycles. The Labute approximate surface area is 81.9 Å². The maximum Gasteiger partial charge on any atom is 0.115 e. The Morgan fingerprint density at radius 3 is 2.29 bits per heavy atom. The second-order valence-electron chi connectivity index (χ2n) is 2.62. The van der Waals surface area contributed by atoms with Gasteiger partial charge in [-0.15, -0.1) is 0 Å². The summed E-state index contributed by atoms with van der Waals surface area (Å²) in [6.07, 6.45) is 8.27. The van der Waals surface area contributed by atoms with E-state index in [9.17, 15) is 0 Å². The fourth-order valence-electron chi connectivity index (χ4n) is 0.945. The fourth-order valence-corrected chi connectivity index (χ4v) is 0.945. The van der Waals surface area contributed by atoms with Crippen LogP contribution in [0.5, 0.6) is 0 Å². The number of nitrogens with zero attached hydrogens (tertiary/aromatic N) is 3. The predicted molar refractivity (Wildman–Crippen MR) is 52.2 cm³/mol. The first kappa shape index (κ1) is 8.39. The highest BCUT2D eigenvalue weighted by atomic mass is 14.8. The van der Waals surface area contributed by atoms with Gasteiger partial charge in [-0.3, -0.25) is 4.98 Å². The SMILES string of the molecule is C(#Cc1cncnc1)c1cccnc1. The summed E-state index contributed by atoms with van der Waals surface area (Å²) in [6.45, 7) is 0. The van der Waals surface area contributed by atoms with E-state index in [2.05, 4.69) is 26.8 Å². The monoisotopic (exact) mass is 181 g/mol. The summed E-state index contributed by atoms with van der Waals surface area (Å²) in [7, 11) is 0. The summed E-state index contributed by atoms with van der Waals surface area (Å²) in [4.78, 5) is 11.7. The molecule has 0 aliphatic heterocycles.